The highest BCUT2D eigenvalue weighted by molar-refractivity contribution is 6.45. The van der Waals surface area contributed by atoms with Crippen molar-refractivity contribution in [3.63, 3.8) is 0 Å². The van der Waals surface area contributed by atoms with E-state index in [1.807, 2.05) is 39.0 Å². The fourth-order valence-corrected chi connectivity index (χ4v) is 3.44. The number of benzene rings is 2. The van der Waals surface area contributed by atoms with Crippen LogP contribution in [0.25, 0.3) is 0 Å². The fourth-order valence-electron chi connectivity index (χ4n) is 3.44. The van der Waals surface area contributed by atoms with Gasteiger partial charge in [-0.25, -0.2) is 9.69 Å². The lowest BCUT2D eigenvalue weighted by Gasteiger charge is -2.16. The fraction of sp³-hybridized carbons (Fsp3) is 0.238. The molecule has 1 saturated heterocycles. The summed E-state index contributed by atoms with van der Waals surface area (Å²) in [5.74, 6) is -2.23. The highest BCUT2D eigenvalue weighted by Gasteiger charge is 2.45. The van der Waals surface area contributed by atoms with Crippen LogP contribution in [0.4, 0.5) is 4.79 Å². The Kier molecular flexibility index (Phi) is 4.90. The predicted molar refractivity (Wildman–Crippen MR) is 99.1 cm³/mol. The van der Waals surface area contributed by atoms with Gasteiger partial charge < -0.3 is 0 Å². The largest absolute Gasteiger partial charge is 0.334 e. The Labute approximate surface area is 157 Å². The Hall–Kier alpha value is -3.28. The summed E-state index contributed by atoms with van der Waals surface area (Å²) in [6, 6.07) is 11.9. The molecule has 2 aromatic rings. The molecule has 0 radical (unpaired) electrons. The van der Waals surface area contributed by atoms with Crippen LogP contribution in [0.1, 0.15) is 32.6 Å². The number of Topliss-reactive ketones (excluding diaryl/α,β-unsaturated/α-hetero) is 1. The van der Waals surface area contributed by atoms with E-state index < -0.39 is 24.4 Å². The summed E-state index contributed by atoms with van der Waals surface area (Å²) in [4.78, 5) is 51.4. The van der Waals surface area contributed by atoms with Gasteiger partial charge in [0.2, 0.25) is 0 Å². The second-order valence-corrected chi connectivity index (χ2v) is 6.75. The van der Waals surface area contributed by atoms with Gasteiger partial charge in [0.25, 0.3) is 0 Å². The Morgan fingerprint density at radius 2 is 1.41 bits per heavy atom. The summed E-state index contributed by atoms with van der Waals surface area (Å²) in [6.07, 6.45) is 0. The number of carbonyl (C=O) groups excluding carboxylic acids is 4. The number of imide groups is 2. The molecule has 2 aromatic carbocycles. The Balaban J connectivity index is 1.81. The molecule has 6 heteroatoms. The van der Waals surface area contributed by atoms with Gasteiger partial charge in [0.05, 0.1) is 13.1 Å². The van der Waals surface area contributed by atoms with Crippen LogP contribution in [0.15, 0.2) is 42.5 Å². The van der Waals surface area contributed by atoms with Crippen molar-refractivity contribution in [1.29, 1.82) is 0 Å². The summed E-state index contributed by atoms with van der Waals surface area (Å²) in [7, 11) is 0. The Bertz CT molecular complexity index is 927. The molecule has 1 fully saturated rings. The number of nitrogens with zero attached hydrogens (tertiary/aromatic N) is 2. The van der Waals surface area contributed by atoms with Gasteiger partial charge in [-0.1, -0.05) is 48.0 Å². The van der Waals surface area contributed by atoms with Crippen molar-refractivity contribution in [2.75, 3.05) is 6.54 Å². The molecule has 1 aliphatic heterocycles. The molecular formula is C21H20N2O4. The van der Waals surface area contributed by atoms with Gasteiger partial charge in [0.15, 0.2) is 5.78 Å². The smallest absolute Gasteiger partial charge is 0.292 e. The molecule has 6 nitrogen and oxygen atoms in total. The van der Waals surface area contributed by atoms with Crippen LogP contribution < -0.4 is 0 Å². The molecule has 0 aromatic heterocycles. The highest BCUT2D eigenvalue weighted by Crippen LogP contribution is 2.20. The van der Waals surface area contributed by atoms with Gasteiger partial charge in [-0.2, -0.15) is 0 Å². The zero-order valence-electron chi connectivity index (χ0n) is 15.5. The summed E-state index contributed by atoms with van der Waals surface area (Å²) >= 11 is 0. The van der Waals surface area contributed by atoms with Crippen LogP contribution in [0.5, 0.6) is 0 Å². The van der Waals surface area contributed by atoms with Crippen LogP contribution in [-0.4, -0.2) is 40.0 Å². The van der Waals surface area contributed by atoms with E-state index in [0.717, 1.165) is 32.1 Å². The number of ketones is 1. The maximum absolute atomic E-state index is 12.7. The van der Waals surface area contributed by atoms with E-state index in [2.05, 4.69) is 0 Å². The number of rotatable bonds is 5. The highest BCUT2D eigenvalue weighted by atomic mass is 16.2. The van der Waals surface area contributed by atoms with Crippen molar-refractivity contribution in [3.05, 3.63) is 70.3 Å². The van der Waals surface area contributed by atoms with E-state index in [9.17, 15) is 19.2 Å². The van der Waals surface area contributed by atoms with Crippen LogP contribution in [0.2, 0.25) is 0 Å². The maximum Gasteiger partial charge on any atom is 0.334 e. The first-order valence-electron chi connectivity index (χ1n) is 8.62. The van der Waals surface area contributed by atoms with Crippen LogP contribution in [0.3, 0.4) is 0 Å². The van der Waals surface area contributed by atoms with E-state index in [-0.39, 0.29) is 12.3 Å². The van der Waals surface area contributed by atoms with Gasteiger partial charge >= 0.3 is 17.8 Å². The average molecular weight is 364 g/mol. The van der Waals surface area contributed by atoms with Crippen molar-refractivity contribution in [1.82, 2.24) is 9.80 Å². The van der Waals surface area contributed by atoms with Crippen LogP contribution in [0, 0.1) is 20.8 Å². The molecule has 0 N–H and O–H groups in total. The molecule has 0 atom stereocenters. The minimum atomic E-state index is -0.966. The van der Waals surface area contributed by atoms with E-state index >= 15 is 0 Å². The summed E-state index contributed by atoms with van der Waals surface area (Å²) in [5, 5.41) is 0. The summed E-state index contributed by atoms with van der Waals surface area (Å²) in [5.41, 5.74) is 3.80. The molecule has 3 rings (SSSR count). The lowest BCUT2D eigenvalue weighted by molar-refractivity contribution is -0.143. The number of hydrogen-bond donors (Lipinski definition) is 0. The number of aryl methyl sites for hydroxylation is 3. The quantitative estimate of drug-likeness (QED) is 0.464. The lowest BCUT2D eigenvalue weighted by Crippen LogP contribution is -2.37. The van der Waals surface area contributed by atoms with Gasteiger partial charge in [-0.05, 0) is 37.5 Å². The van der Waals surface area contributed by atoms with Crippen molar-refractivity contribution in [3.8, 4) is 0 Å². The Morgan fingerprint density at radius 3 is 2.00 bits per heavy atom. The number of carbonyl (C=O) groups is 4. The first-order valence-corrected chi connectivity index (χ1v) is 8.62. The molecule has 138 valence electrons. The minimum absolute atomic E-state index is 0.00246. The normalized spacial score (nSPS) is 14.3. The number of amides is 4. The van der Waals surface area contributed by atoms with E-state index in [0.29, 0.717) is 5.56 Å². The zero-order valence-corrected chi connectivity index (χ0v) is 15.5. The second kappa shape index (κ2) is 7.15. The molecule has 0 unspecified atom stereocenters. The van der Waals surface area contributed by atoms with E-state index in [1.165, 1.54) is 0 Å². The lowest BCUT2D eigenvalue weighted by atomic mass is 9.96. The minimum Gasteiger partial charge on any atom is -0.292 e. The molecule has 0 aliphatic carbocycles. The molecular weight excluding hydrogens is 344 g/mol. The first kappa shape index (κ1) is 18.5. The second-order valence-electron chi connectivity index (χ2n) is 6.75. The van der Waals surface area contributed by atoms with Crippen molar-refractivity contribution < 1.29 is 19.2 Å². The molecule has 27 heavy (non-hydrogen) atoms. The van der Waals surface area contributed by atoms with Crippen LogP contribution in [-0.2, 0) is 16.1 Å². The summed E-state index contributed by atoms with van der Waals surface area (Å²) in [6.45, 7) is 5.11. The number of urea groups is 1. The van der Waals surface area contributed by atoms with Crippen LogP contribution >= 0.6 is 0 Å². The molecule has 1 aliphatic rings. The van der Waals surface area contributed by atoms with Gasteiger partial charge in [0, 0.05) is 5.56 Å². The third-order valence-electron chi connectivity index (χ3n) is 4.58. The zero-order chi connectivity index (χ0) is 19.7. The van der Waals surface area contributed by atoms with E-state index in [1.54, 1.807) is 24.3 Å². The third-order valence-corrected chi connectivity index (χ3v) is 4.58. The Morgan fingerprint density at radius 1 is 0.852 bits per heavy atom. The van der Waals surface area contributed by atoms with Crippen molar-refractivity contribution >= 4 is 23.6 Å². The molecule has 4 amide bonds. The first-order chi connectivity index (χ1) is 12.8. The molecule has 0 bridgehead atoms. The van der Waals surface area contributed by atoms with Gasteiger partial charge in [-0.3, -0.25) is 19.3 Å². The van der Waals surface area contributed by atoms with Crippen molar-refractivity contribution in [2.45, 2.75) is 27.3 Å². The average Bonchev–Trinajstić information content (AvgIpc) is 2.80. The standard InChI is InChI=1S/C21H20N2O4/c1-13-9-14(2)18(15(3)10-13)17(24)12-23-20(26)19(25)22(21(23)27)11-16-7-5-4-6-8-16/h4-10H,11-12H2,1-3H3. The summed E-state index contributed by atoms with van der Waals surface area (Å²) < 4.78 is 0. The third kappa shape index (κ3) is 3.51. The topological polar surface area (TPSA) is 74.8 Å². The van der Waals surface area contributed by atoms with Gasteiger partial charge in [-0.15, -0.1) is 0 Å². The monoisotopic (exact) mass is 364 g/mol. The molecule has 0 saturated carbocycles. The van der Waals surface area contributed by atoms with Crippen molar-refractivity contribution in [2.24, 2.45) is 0 Å². The molecule has 0 spiro atoms. The SMILES string of the molecule is Cc1cc(C)c(C(=O)CN2C(=O)C(=O)N(Cc3ccccc3)C2=O)c(C)c1. The van der Waals surface area contributed by atoms with E-state index in [4.69, 9.17) is 0 Å². The van der Waals surface area contributed by atoms with Gasteiger partial charge in [0.1, 0.15) is 0 Å². The molecule has 1 heterocycles. The predicted octanol–water partition coefficient (Wildman–Crippen LogP) is 2.79. The number of hydrogen-bond acceptors (Lipinski definition) is 4. The maximum atomic E-state index is 12.7.